The number of benzene rings is 1. The van der Waals surface area contributed by atoms with Gasteiger partial charge in [-0.25, -0.2) is 9.18 Å². The van der Waals surface area contributed by atoms with Crippen LogP contribution in [0.1, 0.15) is 69.0 Å². The van der Waals surface area contributed by atoms with E-state index < -0.39 is 0 Å². The van der Waals surface area contributed by atoms with Crippen LogP contribution in [0.2, 0.25) is 0 Å². The smallest absolute Gasteiger partial charge is 0.316 e. The van der Waals surface area contributed by atoms with Gasteiger partial charge in [-0.15, -0.1) is 0 Å². The second-order valence-corrected chi connectivity index (χ2v) is 8.38. The fourth-order valence-electron chi connectivity index (χ4n) is 3.62. The van der Waals surface area contributed by atoms with Crippen molar-refractivity contribution >= 4 is 6.03 Å². The molecule has 1 N–H and O–H groups in total. The summed E-state index contributed by atoms with van der Waals surface area (Å²) in [5.41, 5.74) is 2.09. The number of rotatable bonds is 12. The average molecular weight is 392 g/mol. The lowest BCUT2D eigenvalue weighted by atomic mass is 10.00. The zero-order chi connectivity index (χ0) is 20.5. The van der Waals surface area contributed by atoms with Crippen molar-refractivity contribution in [3.05, 3.63) is 35.1 Å². The number of hydrogen-bond donors (Lipinski definition) is 1. The lowest BCUT2D eigenvalue weighted by Crippen LogP contribution is -2.35. The summed E-state index contributed by atoms with van der Waals surface area (Å²) in [5.74, 6) is 0.778. The minimum Gasteiger partial charge on any atom is -0.341 e. The third-order valence-corrected chi connectivity index (χ3v) is 6.05. The third-order valence-electron chi connectivity index (χ3n) is 6.05. The van der Waals surface area contributed by atoms with Crippen molar-refractivity contribution in [2.24, 2.45) is 5.92 Å². The average Bonchev–Trinajstić information content (AvgIpc) is 3.52. The number of urea groups is 1. The Balaban J connectivity index is 1.69. The van der Waals surface area contributed by atoms with E-state index in [2.05, 4.69) is 30.3 Å². The highest BCUT2D eigenvalue weighted by atomic mass is 19.1. The van der Waals surface area contributed by atoms with E-state index >= 15 is 0 Å². The van der Waals surface area contributed by atoms with Gasteiger partial charge in [0.25, 0.3) is 0 Å². The molecule has 1 atom stereocenters. The maximum Gasteiger partial charge on any atom is 0.316 e. The highest BCUT2D eigenvalue weighted by Crippen LogP contribution is 2.34. The van der Waals surface area contributed by atoms with Crippen molar-refractivity contribution in [2.75, 3.05) is 34.2 Å². The number of aryl methyl sites for hydroxylation is 1. The largest absolute Gasteiger partial charge is 0.341 e. The van der Waals surface area contributed by atoms with E-state index in [-0.39, 0.29) is 11.8 Å². The molecule has 5 heteroatoms. The molecule has 1 aromatic carbocycles. The molecule has 28 heavy (non-hydrogen) atoms. The Morgan fingerprint density at radius 3 is 2.50 bits per heavy atom. The van der Waals surface area contributed by atoms with E-state index in [1.54, 1.807) is 18.0 Å². The van der Waals surface area contributed by atoms with Crippen LogP contribution in [-0.2, 0) is 6.42 Å². The van der Waals surface area contributed by atoms with Crippen LogP contribution in [0.3, 0.4) is 0 Å². The van der Waals surface area contributed by atoms with Crippen LogP contribution in [0, 0.1) is 11.7 Å². The second kappa shape index (κ2) is 11.4. The highest BCUT2D eigenvalue weighted by molar-refractivity contribution is 5.73. The molecule has 1 fully saturated rings. The van der Waals surface area contributed by atoms with Gasteiger partial charge in [0.05, 0.1) is 0 Å². The molecule has 0 spiro atoms. The lowest BCUT2D eigenvalue weighted by Gasteiger charge is -2.25. The molecule has 1 aliphatic carbocycles. The van der Waals surface area contributed by atoms with Gasteiger partial charge in [0, 0.05) is 26.7 Å². The first kappa shape index (κ1) is 22.7. The normalized spacial score (nSPS) is 14.9. The summed E-state index contributed by atoms with van der Waals surface area (Å²) in [5, 5.41) is 2.64. The first-order chi connectivity index (χ1) is 13.4. The topological polar surface area (TPSA) is 35.6 Å². The van der Waals surface area contributed by atoms with Crippen LogP contribution in [0.15, 0.2) is 18.2 Å². The second-order valence-electron chi connectivity index (χ2n) is 8.38. The fraction of sp³-hybridized carbons (Fsp3) is 0.696. The monoisotopic (exact) mass is 391 g/mol. The molecule has 1 aliphatic rings. The number of nitrogens with zero attached hydrogens (tertiary/aromatic N) is 2. The summed E-state index contributed by atoms with van der Waals surface area (Å²) in [6.07, 6.45) is 9.10. The molecule has 0 heterocycles. The van der Waals surface area contributed by atoms with Gasteiger partial charge in [-0.2, -0.15) is 0 Å². The Morgan fingerprint density at radius 1 is 1.18 bits per heavy atom. The summed E-state index contributed by atoms with van der Waals surface area (Å²) in [6.45, 7) is 4.03. The Hall–Kier alpha value is -1.62. The highest BCUT2D eigenvalue weighted by Gasteiger charge is 2.21. The van der Waals surface area contributed by atoms with Gasteiger partial charge in [-0.05, 0) is 69.3 Å². The molecule has 1 saturated carbocycles. The van der Waals surface area contributed by atoms with Crippen LogP contribution in [0.25, 0.3) is 0 Å². The summed E-state index contributed by atoms with van der Waals surface area (Å²) in [7, 11) is 5.64. The van der Waals surface area contributed by atoms with Crippen LogP contribution in [-0.4, -0.2) is 50.1 Å². The summed E-state index contributed by atoms with van der Waals surface area (Å²) < 4.78 is 14.1. The SMILES string of the molecule is CNC(=O)N(C)CCCCCCN(C)[C@H](C)c1ccc(F)c(CCC2CC2)c1. The number of nitrogens with one attached hydrogen (secondary N) is 1. The molecule has 0 radical (unpaired) electrons. The molecule has 0 bridgehead atoms. The molecule has 0 unspecified atom stereocenters. The number of halogens is 1. The standard InChI is InChI=1S/C23H38FN3O/c1-18(20-13-14-22(24)21(17-20)12-11-19-9-10-19)26(3)15-7-5-6-8-16-27(4)23(28)25-2/h13-14,17-19H,5-12,15-16H2,1-4H3,(H,25,28)/t18-/m1/s1. The fourth-order valence-corrected chi connectivity index (χ4v) is 3.62. The lowest BCUT2D eigenvalue weighted by molar-refractivity contribution is 0.210. The first-order valence-corrected chi connectivity index (χ1v) is 10.8. The van der Waals surface area contributed by atoms with Gasteiger partial charge in [-0.1, -0.05) is 37.8 Å². The molecule has 158 valence electrons. The third kappa shape index (κ3) is 7.42. The van der Waals surface area contributed by atoms with Gasteiger partial charge in [0.2, 0.25) is 0 Å². The van der Waals surface area contributed by atoms with Crippen molar-refractivity contribution in [3.8, 4) is 0 Å². The number of hydrogen-bond acceptors (Lipinski definition) is 2. The first-order valence-electron chi connectivity index (χ1n) is 10.8. The molecule has 2 rings (SSSR count). The molecule has 4 nitrogen and oxygen atoms in total. The molecule has 1 aromatic rings. The Labute approximate surface area is 170 Å². The zero-order valence-corrected chi connectivity index (χ0v) is 18.1. The zero-order valence-electron chi connectivity index (χ0n) is 18.1. The number of amides is 2. The molecule has 2 amide bonds. The quantitative estimate of drug-likeness (QED) is 0.509. The van der Waals surface area contributed by atoms with Gasteiger partial charge >= 0.3 is 6.03 Å². The van der Waals surface area contributed by atoms with Crippen molar-refractivity contribution < 1.29 is 9.18 Å². The Bertz CT molecular complexity index is 618. The van der Waals surface area contributed by atoms with Crippen LogP contribution in [0.5, 0.6) is 0 Å². The maximum absolute atomic E-state index is 14.1. The molecular weight excluding hydrogens is 353 g/mol. The van der Waals surface area contributed by atoms with Gasteiger partial charge in [-0.3, -0.25) is 4.90 Å². The summed E-state index contributed by atoms with van der Waals surface area (Å²) in [6, 6.07) is 5.92. The van der Waals surface area contributed by atoms with Crippen molar-refractivity contribution in [1.82, 2.24) is 15.1 Å². The summed E-state index contributed by atoms with van der Waals surface area (Å²) in [4.78, 5) is 15.5. The van der Waals surface area contributed by atoms with E-state index in [0.717, 1.165) is 63.1 Å². The van der Waals surface area contributed by atoms with E-state index in [1.165, 1.54) is 18.4 Å². The maximum atomic E-state index is 14.1. The van der Waals surface area contributed by atoms with E-state index in [0.29, 0.717) is 6.04 Å². The predicted octanol–water partition coefficient (Wildman–Crippen LogP) is 4.99. The van der Waals surface area contributed by atoms with Gasteiger partial charge < -0.3 is 10.2 Å². The van der Waals surface area contributed by atoms with Crippen molar-refractivity contribution in [3.63, 3.8) is 0 Å². The number of carbonyl (C=O) groups is 1. The van der Waals surface area contributed by atoms with Crippen LogP contribution in [0.4, 0.5) is 9.18 Å². The molecule has 0 aliphatic heterocycles. The van der Waals surface area contributed by atoms with E-state index in [4.69, 9.17) is 0 Å². The Morgan fingerprint density at radius 2 is 1.86 bits per heavy atom. The van der Waals surface area contributed by atoms with E-state index in [1.807, 2.05) is 13.1 Å². The van der Waals surface area contributed by atoms with Gasteiger partial charge in [0.15, 0.2) is 0 Å². The molecular formula is C23H38FN3O. The molecule has 0 saturated heterocycles. The Kier molecular flexibility index (Phi) is 9.23. The minimum atomic E-state index is -0.0547. The minimum absolute atomic E-state index is 0.0237. The number of carbonyl (C=O) groups excluding carboxylic acids is 1. The number of unbranched alkanes of at least 4 members (excludes halogenated alkanes) is 3. The van der Waals surface area contributed by atoms with Crippen molar-refractivity contribution in [2.45, 2.75) is 64.3 Å². The predicted molar refractivity (Wildman–Crippen MR) is 114 cm³/mol. The van der Waals surface area contributed by atoms with Crippen LogP contribution < -0.4 is 5.32 Å². The van der Waals surface area contributed by atoms with Gasteiger partial charge in [0.1, 0.15) is 5.82 Å². The summed E-state index contributed by atoms with van der Waals surface area (Å²) >= 11 is 0. The van der Waals surface area contributed by atoms with Crippen LogP contribution >= 0.6 is 0 Å². The van der Waals surface area contributed by atoms with E-state index in [9.17, 15) is 9.18 Å². The molecule has 0 aromatic heterocycles. The van der Waals surface area contributed by atoms with Crippen molar-refractivity contribution in [1.29, 1.82) is 0 Å².